The van der Waals surface area contributed by atoms with Crippen LogP contribution in [0.1, 0.15) is 33.2 Å². The first-order valence-corrected chi connectivity index (χ1v) is 8.83. The lowest BCUT2D eigenvalue weighted by atomic mass is 10.2. The average Bonchev–Trinajstić information content (AvgIpc) is 2.61. The molecule has 0 fully saturated rings. The molecule has 0 bridgehead atoms. The van der Waals surface area contributed by atoms with Crippen molar-refractivity contribution in [1.82, 2.24) is 14.9 Å². The number of hydrogen-bond donors (Lipinski definition) is 1. The van der Waals surface area contributed by atoms with E-state index in [0.29, 0.717) is 16.1 Å². The fourth-order valence-electron chi connectivity index (χ4n) is 2.24. The Morgan fingerprint density at radius 3 is 2.64 bits per heavy atom. The summed E-state index contributed by atoms with van der Waals surface area (Å²) in [6.45, 7) is 5.56. The van der Waals surface area contributed by atoms with Crippen molar-refractivity contribution in [3.63, 3.8) is 0 Å². The van der Waals surface area contributed by atoms with Crippen molar-refractivity contribution < 1.29 is 14.3 Å². The number of alkyl carbamates (subject to hydrolysis) is 1. The van der Waals surface area contributed by atoms with Crippen molar-refractivity contribution in [2.75, 3.05) is 7.11 Å². The van der Waals surface area contributed by atoms with Gasteiger partial charge in [-0.1, -0.05) is 30.8 Å². The van der Waals surface area contributed by atoms with Crippen LogP contribution in [0.25, 0.3) is 10.9 Å². The first-order valence-electron chi connectivity index (χ1n) is 7.95. The molecule has 2 amide bonds. The summed E-state index contributed by atoms with van der Waals surface area (Å²) in [5.41, 5.74) is 0.443. The van der Waals surface area contributed by atoms with E-state index in [-0.39, 0.29) is 11.6 Å². The molecule has 0 radical (unpaired) electrons. The first-order chi connectivity index (χ1) is 11.9. The molecule has 0 saturated carbocycles. The molecule has 134 valence electrons. The number of nitrogens with one attached hydrogen (secondary N) is 1. The predicted octanol–water partition coefficient (Wildman–Crippen LogP) is 2.73. The number of para-hydroxylation sites is 1. The molecule has 0 saturated heterocycles. The molecule has 25 heavy (non-hydrogen) atoms. The minimum Gasteiger partial charge on any atom is -0.453 e. The maximum absolute atomic E-state index is 12.9. The number of aromatic nitrogens is 2. The van der Waals surface area contributed by atoms with Crippen LogP contribution in [0.4, 0.5) is 4.79 Å². The Kier molecular flexibility index (Phi) is 6.19. The van der Waals surface area contributed by atoms with E-state index in [0.717, 1.165) is 18.2 Å². The van der Waals surface area contributed by atoms with E-state index in [2.05, 4.69) is 15.0 Å². The van der Waals surface area contributed by atoms with Crippen LogP contribution in [0.2, 0.25) is 0 Å². The molecule has 0 aliphatic rings. The van der Waals surface area contributed by atoms with E-state index in [1.54, 1.807) is 29.7 Å². The maximum Gasteiger partial charge on any atom is 0.413 e. The van der Waals surface area contributed by atoms with Gasteiger partial charge in [0.05, 0.1) is 23.3 Å². The fraction of sp³-hybridized carbons (Fsp3) is 0.412. The summed E-state index contributed by atoms with van der Waals surface area (Å²) in [5.74, 6) is -0.505. The van der Waals surface area contributed by atoms with Crippen LogP contribution in [0, 0.1) is 0 Å². The van der Waals surface area contributed by atoms with Crippen molar-refractivity contribution in [2.45, 2.75) is 43.6 Å². The van der Waals surface area contributed by atoms with E-state index in [1.165, 1.54) is 7.11 Å². The number of ether oxygens (including phenoxy) is 1. The molecular weight excluding hydrogens is 342 g/mol. The lowest BCUT2D eigenvalue weighted by molar-refractivity contribution is -0.119. The summed E-state index contributed by atoms with van der Waals surface area (Å²) < 4.78 is 6.03. The Bertz CT molecular complexity index is 849. The topological polar surface area (TPSA) is 90.3 Å². The number of nitrogens with zero attached hydrogens (tertiary/aromatic N) is 2. The quantitative estimate of drug-likeness (QED) is 0.649. The van der Waals surface area contributed by atoms with E-state index < -0.39 is 17.3 Å². The van der Waals surface area contributed by atoms with Crippen molar-refractivity contribution in [3.05, 3.63) is 34.6 Å². The third kappa shape index (κ3) is 4.19. The summed E-state index contributed by atoms with van der Waals surface area (Å²) in [4.78, 5) is 40.7. The number of benzene rings is 1. The van der Waals surface area contributed by atoms with Gasteiger partial charge in [-0.05, 0) is 32.4 Å². The van der Waals surface area contributed by atoms with Gasteiger partial charge in [0.1, 0.15) is 0 Å². The van der Waals surface area contributed by atoms with Gasteiger partial charge in [-0.2, -0.15) is 0 Å². The SMILES string of the molecule is CC[C@H](C)n1c(S[C@@H](C)C(=O)NC(=O)OC)nc2ccccc2c1=O. The highest BCUT2D eigenvalue weighted by Crippen LogP contribution is 2.25. The highest BCUT2D eigenvalue weighted by molar-refractivity contribution is 8.00. The van der Waals surface area contributed by atoms with Gasteiger partial charge in [-0.3, -0.25) is 19.5 Å². The predicted molar refractivity (Wildman–Crippen MR) is 96.9 cm³/mol. The summed E-state index contributed by atoms with van der Waals surface area (Å²) in [5, 5.41) is 2.50. The molecule has 0 aliphatic carbocycles. The number of imide groups is 1. The Hall–Kier alpha value is -2.35. The average molecular weight is 363 g/mol. The second kappa shape index (κ2) is 8.15. The molecule has 1 aromatic heterocycles. The van der Waals surface area contributed by atoms with Gasteiger partial charge in [0, 0.05) is 6.04 Å². The fourth-order valence-corrected chi connectivity index (χ4v) is 3.25. The van der Waals surface area contributed by atoms with Crippen LogP contribution in [-0.2, 0) is 9.53 Å². The van der Waals surface area contributed by atoms with Crippen molar-refractivity contribution in [3.8, 4) is 0 Å². The van der Waals surface area contributed by atoms with Gasteiger partial charge in [0.25, 0.3) is 5.56 Å². The molecule has 1 heterocycles. The molecule has 8 heteroatoms. The first kappa shape index (κ1) is 19.0. The van der Waals surface area contributed by atoms with Crippen LogP contribution in [0.5, 0.6) is 0 Å². The van der Waals surface area contributed by atoms with Crippen molar-refractivity contribution >= 4 is 34.7 Å². The zero-order chi connectivity index (χ0) is 18.6. The summed E-state index contributed by atoms with van der Waals surface area (Å²) >= 11 is 1.14. The normalized spacial score (nSPS) is 13.3. The number of amides is 2. The second-order valence-electron chi connectivity index (χ2n) is 5.58. The third-order valence-electron chi connectivity index (χ3n) is 3.87. The van der Waals surface area contributed by atoms with Gasteiger partial charge < -0.3 is 4.74 Å². The number of rotatable bonds is 5. The third-order valence-corrected chi connectivity index (χ3v) is 4.94. The number of thioether (sulfide) groups is 1. The molecule has 2 rings (SSSR count). The van der Waals surface area contributed by atoms with Crippen LogP contribution >= 0.6 is 11.8 Å². The van der Waals surface area contributed by atoms with Crippen molar-refractivity contribution in [2.24, 2.45) is 0 Å². The van der Waals surface area contributed by atoms with E-state index in [9.17, 15) is 14.4 Å². The number of hydrogen-bond acceptors (Lipinski definition) is 6. The van der Waals surface area contributed by atoms with E-state index in [4.69, 9.17) is 0 Å². The minimum absolute atomic E-state index is 0.0667. The monoisotopic (exact) mass is 363 g/mol. The molecule has 2 atom stereocenters. The lowest BCUT2D eigenvalue weighted by Gasteiger charge is -2.19. The van der Waals surface area contributed by atoms with Crippen LogP contribution < -0.4 is 10.9 Å². The smallest absolute Gasteiger partial charge is 0.413 e. The van der Waals surface area contributed by atoms with Gasteiger partial charge in [0.2, 0.25) is 5.91 Å². The van der Waals surface area contributed by atoms with Gasteiger partial charge in [-0.25, -0.2) is 9.78 Å². The van der Waals surface area contributed by atoms with Crippen LogP contribution in [0.3, 0.4) is 0 Å². The Labute approximate surface area is 149 Å². The molecule has 2 aromatic rings. The molecule has 0 spiro atoms. The Balaban J connectivity index is 2.43. The number of carbonyl (C=O) groups is 2. The molecule has 0 unspecified atom stereocenters. The Morgan fingerprint density at radius 1 is 1.32 bits per heavy atom. The number of carbonyl (C=O) groups excluding carboxylic acids is 2. The maximum atomic E-state index is 12.9. The van der Waals surface area contributed by atoms with E-state index in [1.807, 2.05) is 19.9 Å². The number of fused-ring (bicyclic) bond motifs is 1. The van der Waals surface area contributed by atoms with Gasteiger partial charge in [0.15, 0.2) is 5.16 Å². The summed E-state index contributed by atoms with van der Waals surface area (Å²) in [6.07, 6.45) is -0.0702. The highest BCUT2D eigenvalue weighted by Gasteiger charge is 2.22. The molecular formula is C17H21N3O4S. The minimum atomic E-state index is -0.816. The number of methoxy groups -OCH3 is 1. The van der Waals surface area contributed by atoms with Crippen molar-refractivity contribution in [1.29, 1.82) is 0 Å². The summed E-state index contributed by atoms with van der Waals surface area (Å²) in [7, 11) is 1.19. The highest BCUT2D eigenvalue weighted by atomic mass is 32.2. The van der Waals surface area contributed by atoms with Gasteiger partial charge >= 0.3 is 6.09 Å². The molecule has 1 aromatic carbocycles. The van der Waals surface area contributed by atoms with E-state index >= 15 is 0 Å². The molecule has 1 N–H and O–H groups in total. The van der Waals surface area contributed by atoms with Gasteiger partial charge in [-0.15, -0.1) is 0 Å². The summed E-state index contributed by atoms with van der Waals surface area (Å²) in [6, 6.07) is 7.05. The largest absolute Gasteiger partial charge is 0.453 e. The molecule has 0 aliphatic heterocycles. The second-order valence-corrected chi connectivity index (χ2v) is 6.89. The van der Waals surface area contributed by atoms with Crippen LogP contribution in [0.15, 0.2) is 34.2 Å². The van der Waals surface area contributed by atoms with Crippen LogP contribution in [-0.4, -0.2) is 33.9 Å². The Morgan fingerprint density at radius 2 is 2.00 bits per heavy atom. The lowest BCUT2D eigenvalue weighted by Crippen LogP contribution is -2.36. The zero-order valence-corrected chi connectivity index (χ0v) is 15.4. The zero-order valence-electron chi connectivity index (χ0n) is 14.6. The molecule has 7 nitrogen and oxygen atoms in total. The standard InChI is InChI=1S/C17H21N3O4S/c1-5-10(2)20-15(22)12-8-6-7-9-13(12)18-16(20)25-11(3)14(21)19-17(23)24-4/h6-11H,5H2,1-4H3,(H,19,21,23)/t10-,11-/m0/s1.